The van der Waals surface area contributed by atoms with E-state index < -0.39 is 0 Å². The van der Waals surface area contributed by atoms with Gasteiger partial charge in [-0.3, -0.25) is 4.90 Å². The van der Waals surface area contributed by atoms with Crippen molar-refractivity contribution in [1.29, 1.82) is 0 Å². The number of hydrogen-bond donors (Lipinski definition) is 1. The van der Waals surface area contributed by atoms with Gasteiger partial charge in [0.1, 0.15) is 17.3 Å². The molecule has 8 heteroatoms. The molecule has 1 aliphatic heterocycles. The Morgan fingerprint density at radius 1 is 1.21 bits per heavy atom. The highest BCUT2D eigenvalue weighted by Gasteiger charge is 2.24. The van der Waals surface area contributed by atoms with E-state index in [-0.39, 0.29) is 6.03 Å². The van der Waals surface area contributed by atoms with Gasteiger partial charge in [-0.2, -0.15) is 0 Å². The molecule has 0 saturated heterocycles. The Labute approximate surface area is 172 Å². The van der Waals surface area contributed by atoms with Gasteiger partial charge in [0, 0.05) is 25.6 Å². The third-order valence-corrected chi connectivity index (χ3v) is 5.22. The second kappa shape index (κ2) is 10.1. The van der Waals surface area contributed by atoms with E-state index in [9.17, 15) is 4.79 Å². The zero-order valence-corrected chi connectivity index (χ0v) is 17.6. The summed E-state index contributed by atoms with van der Waals surface area (Å²) in [5.74, 6) is 3.05. The number of rotatable bonds is 8. The van der Waals surface area contributed by atoms with E-state index in [0.717, 1.165) is 50.3 Å². The number of methoxy groups -OCH3 is 2. The zero-order valence-electron chi connectivity index (χ0n) is 17.6. The number of nitrogens with one attached hydrogen (secondary N) is 1. The number of nitrogens with zero attached hydrogens (tertiary/aromatic N) is 4. The van der Waals surface area contributed by atoms with E-state index in [1.807, 2.05) is 12.1 Å². The van der Waals surface area contributed by atoms with E-state index in [2.05, 4.69) is 27.0 Å². The molecule has 8 nitrogen and oxygen atoms in total. The Kier molecular flexibility index (Phi) is 7.32. The summed E-state index contributed by atoms with van der Waals surface area (Å²) in [5.41, 5.74) is 0.674. The standard InChI is InChI=1S/C21H31N5O3/c1-4-5-12-22-21(27)26(17-11-10-16(28-2)14-18(17)29-3)15-20-24-23-19-9-7-6-8-13-25(19)20/h10-11,14H,4-9,12-13,15H2,1-3H3,(H,22,27). The maximum Gasteiger partial charge on any atom is 0.322 e. The number of anilines is 1. The summed E-state index contributed by atoms with van der Waals surface area (Å²) >= 11 is 0. The fraction of sp³-hybridized carbons (Fsp3) is 0.571. The minimum atomic E-state index is -0.173. The van der Waals surface area contributed by atoms with Crippen molar-refractivity contribution >= 4 is 11.7 Å². The summed E-state index contributed by atoms with van der Waals surface area (Å²) in [4.78, 5) is 14.8. The number of fused-ring (bicyclic) bond motifs is 1. The SMILES string of the molecule is CCCCNC(=O)N(Cc1nnc2n1CCCCC2)c1ccc(OC)cc1OC. The molecular formula is C21H31N5O3. The third kappa shape index (κ3) is 4.99. The topological polar surface area (TPSA) is 81.5 Å². The molecule has 0 aliphatic carbocycles. The summed E-state index contributed by atoms with van der Waals surface area (Å²) in [6, 6.07) is 5.28. The fourth-order valence-electron chi connectivity index (χ4n) is 3.55. The molecule has 0 spiro atoms. The Morgan fingerprint density at radius 2 is 2.07 bits per heavy atom. The van der Waals surface area contributed by atoms with Gasteiger partial charge in [-0.1, -0.05) is 19.8 Å². The Balaban J connectivity index is 1.92. The minimum absolute atomic E-state index is 0.173. The van der Waals surface area contributed by atoms with Gasteiger partial charge >= 0.3 is 6.03 Å². The number of aryl methyl sites for hydroxylation is 1. The summed E-state index contributed by atoms with van der Waals surface area (Å²) < 4.78 is 13.0. The Hall–Kier alpha value is -2.77. The van der Waals surface area contributed by atoms with Gasteiger partial charge in [0.05, 0.1) is 26.5 Å². The first-order valence-corrected chi connectivity index (χ1v) is 10.4. The summed E-state index contributed by atoms with van der Waals surface area (Å²) in [6.07, 6.45) is 6.31. The van der Waals surface area contributed by atoms with Gasteiger partial charge in [-0.25, -0.2) is 4.79 Å². The normalized spacial score (nSPS) is 13.3. The lowest BCUT2D eigenvalue weighted by molar-refractivity contribution is 0.245. The predicted molar refractivity (Wildman–Crippen MR) is 112 cm³/mol. The van der Waals surface area contributed by atoms with Crippen molar-refractivity contribution in [2.24, 2.45) is 0 Å². The first-order chi connectivity index (χ1) is 14.2. The molecule has 0 fully saturated rings. The maximum absolute atomic E-state index is 13.1. The van der Waals surface area contributed by atoms with Crippen LogP contribution in [-0.2, 0) is 19.5 Å². The second-order valence-corrected chi connectivity index (χ2v) is 7.20. The highest BCUT2D eigenvalue weighted by molar-refractivity contribution is 5.93. The zero-order chi connectivity index (χ0) is 20.6. The minimum Gasteiger partial charge on any atom is -0.497 e. The van der Waals surface area contributed by atoms with E-state index in [0.29, 0.717) is 30.3 Å². The Bertz CT molecular complexity index is 821. The number of unbranched alkanes of at least 4 members (excludes halogenated alkanes) is 1. The predicted octanol–water partition coefficient (Wildman–Crippen LogP) is 3.54. The number of aromatic nitrogens is 3. The van der Waals surface area contributed by atoms with Crippen LogP contribution in [0.5, 0.6) is 11.5 Å². The summed E-state index contributed by atoms with van der Waals surface area (Å²) in [6.45, 7) is 3.94. The number of hydrogen-bond acceptors (Lipinski definition) is 5. The van der Waals surface area contributed by atoms with Crippen molar-refractivity contribution in [2.45, 2.75) is 58.5 Å². The molecule has 2 aromatic rings. The number of urea groups is 1. The van der Waals surface area contributed by atoms with Crippen LogP contribution in [-0.4, -0.2) is 41.6 Å². The van der Waals surface area contributed by atoms with Crippen molar-refractivity contribution in [3.63, 3.8) is 0 Å². The molecular weight excluding hydrogens is 370 g/mol. The number of amides is 2. The summed E-state index contributed by atoms with van der Waals surface area (Å²) in [5, 5.41) is 11.8. The molecule has 0 bridgehead atoms. The van der Waals surface area contributed by atoms with Crippen LogP contribution in [0.3, 0.4) is 0 Å². The first-order valence-electron chi connectivity index (χ1n) is 10.4. The highest BCUT2D eigenvalue weighted by atomic mass is 16.5. The van der Waals surface area contributed by atoms with Gasteiger partial charge in [-0.15, -0.1) is 10.2 Å². The van der Waals surface area contributed by atoms with Crippen molar-refractivity contribution in [1.82, 2.24) is 20.1 Å². The van der Waals surface area contributed by atoms with Gasteiger partial charge < -0.3 is 19.4 Å². The van der Waals surface area contributed by atoms with Crippen LogP contribution in [0.2, 0.25) is 0 Å². The van der Waals surface area contributed by atoms with Crippen LogP contribution in [0.25, 0.3) is 0 Å². The monoisotopic (exact) mass is 401 g/mol. The van der Waals surface area contributed by atoms with Crippen LogP contribution < -0.4 is 19.7 Å². The van der Waals surface area contributed by atoms with Crippen LogP contribution in [0, 0.1) is 0 Å². The summed E-state index contributed by atoms with van der Waals surface area (Å²) in [7, 11) is 3.20. The molecule has 2 amide bonds. The molecule has 0 radical (unpaired) electrons. The van der Waals surface area contributed by atoms with Gasteiger partial charge in [0.25, 0.3) is 0 Å². The second-order valence-electron chi connectivity index (χ2n) is 7.20. The number of carbonyl (C=O) groups is 1. The fourth-order valence-corrected chi connectivity index (χ4v) is 3.55. The lowest BCUT2D eigenvalue weighted by Gasteiger charge is -2.25. The van der Waals surface area contributed by atoms with Crippen molar-refractivity contribution in [3.8, 4) is 11.5 Å². The molecule has 0 saturated carbocycles. The highest BCUT2D eigenvalue weighted by Crippen LogP contribution is 2.33. The molecule has 1 aromatic heterocycles. The number of benzene rings is 1. The van der Waals surface area contributed by atoms with Crippen LogP contribution in [0.15, 0.2) is 18.2 Å². The first kappa shape index (κ1) is 21.0. The van der Waals surface area contributed by atoms with Crippen LogP contribution in [0.1, 0.15) is 50.7 Å². The van der Waals surface area contributed by atoms with Crippen LogP contribution >= 0.6 is 0 Å². The molecule has 0 atom stereocenters. The quantitative estimate of drug-likeness (QED) is 0.684. The molecule has 29 heavy (non-hydrogen) atoms. The Morgan fingerprint density at radius 3 is 2.83 bits per heavy atom. The van der Waals surface area contributed by atoms with Gasteiger partial charge in [-0.05, 0) is 31.4 Å². The van der Waals surface area contributed by atoms with Gasteiger partial charge in [0.15, 0.2) is 5.82 Å². The average molecular weight is 402 g/mol. The van der Waals surface area contributed by atoms with E-state index in [1.165, 1.54) is 6.42 Å². The molecule has 1 N–H and O–H groups in total. The third-order valence-electron chi connectivity index (χ3n) is 5.22. The van der Waals surface area contributed by atoms with E-state index >= 15 is 0 Å². The smallest absolute Gasteiger partial charge is 0.322 e. The molecule has 1 aromatic carbocycles. The number of carbonyl (C=O) groups excluding carboxylic acids is 1. The van der Waals surface area contributed by atoms with E-state index in [4.69, 9.17) is 9.47 Å². The van der Waals surface area contributed by atoms with Gasteiger partial charge in [0.2, 0.25) is 0 Å². The lowest BCUT2D eigenvalue weighted by Crippen LogP contribution is -2.41. The van der Waals surface area contributed by atoms with Crippen molar-refractivity contribution < 1.29 is 14.3 Å². The van der Waals surface area contributed by atoms with E-state index in [1.54, 1.807) is 25.2 Å². The molecule has 1 aliphatic rings. The van der Waals surface area contributed by atoms with Crippen molar-refractivity contribution in [3.05, 3.63) is 29.8 Å². The molecule has 3 rings (SSSR count). The molecule has 158 valence electrons. The molecule has 2 heterocycles. The average Bonchev–Trinajstić information content (AvgIpc) is 2.96. The van der Waals surface area contributed by atoms with Crippen LogP contribution in [0.4, 0.5) is 10.5 Å². The number of ether oxygens (including phenoxy) is 2. The maximum atomic E-state index is 13.1. The molecule has 0 unspecified atom stereocenters. The van der Waals surface area contributed by atoms with Crippen molar-refractivity contribution in [2.75, 3.05) is 25.7 Å². The lowest BCUT2D eigenvalue weighted by atomic mass is 10.2. The largest absolute Gasteiger partial charge is 0.497 e.